The number of nitrogens with zero attached hydrogens (tertiary/aromatic N) is 1. The van der Waals surface area contributed by atoms with Gasteiger partial charge in [0, 0.05) is 18.9 Å². The summed E-state index contributed by atoms with van der Waals surface area (Å²) in [6.07, 6.45) is 2.15. The molecule has 4 N–H and O–H groups in total. The molecule has 7 atom stereocenters. The maximum absolute atomic E-state index is 13.8. The fourth-order valence-electron chi connectivity index (χ4n) is 6.02. The summed E-state index contributed by atoms with van der Waals surface area (Å²) in [7, 11) is 0. The van der Waals surface area contributed by atoms with Gasteiger partial charge in [-0.2, -0.15) is 0 Å². The van der Waals surface area contributed by atoms with Crippen LogP contribution in [0, 0.1) is 17.3 Å². The quantitative estimate of drug-likeness (QED) is 0.327. The summed E-state index contributed by atoms with van der Waals surface area (Å²) >= 11 is 1.54. The number of fused-ring (bicyclic) bond motifs is 2. The number of thiazole rings is 1. The van der Waals surface area contributed by atoms with Crippen LogP contribution < -0.4 is 5.73 Å². The van der Waals surface area contributed by atoms with Gasteiger partial charge in [-0.05, 0) is 49.8 Å². The number of carbonyl (C=O) groups is 2. The lowest BCUT2D eigenvalue weighted by atomic mass is 9.71. The van der Waals surface area contributed by atoms with Crippen molar-refractivity contribution in [3.05, 3.63) is 28.8 Å². The Morgan fingerprint density at radius 2 is 1.95 bits per heavy atom. The standard InChI is InChI=1S/C31H46N2O6S/c1-6-7-10-20-28(36)18(2)9-8-13-31(5)25(39-31)15-22(38-27(35)16-24(34)30(3,4)29(20)37)19-11-12-23-21(14-19)33-26(17-32)40-23/h11-12,14,18,20,22,24-25,28,34,36H,6-10,13,15-17,32H2,1-5H3/t18-,20-,22-,24-,25-,28-,31-/m1/s1. The summed E-state index contributed by atoms with van der Waals surface area (Å²) in [5, 5.41) is 23.3. The minimum Gasteiger partial charge on any atom is -0.457 e. The predicted octanol–water partition coefficient (Wildman–Crippen LogP) is 5.22. The number of aliphatic hydroxyl groups excluding tert-OH is 2. The Labute approximate surface area is 241 Å². The molecule has 1 aromatic carbocycles. The van der Waals surface area contributed by atoms with Crippen LogP contribution in [-0.2, 0) is 25.6 Å². The lowest BCUT2D eigenvalue weighted by molar-refractivity contribution is -0.156. The van der Waals surface area contributed by atoms with Crippen molar-refractivity contribution in [3.63, 3.8) is 0 Å². The van der Waals surface area contributed by atoms with E-state index in [-0.39, 0.29) is 29.8 Å². The molecule has 0 amide bonds. The number of nitrogens with two attached hydrogens (primary N) is 1. The molecule has 0 unspecified atom stereocenters. The molecule has 0 radical (unpaired) electrons. The van der Waals surface area contributed by atoms with Gasteiger partial charge in [-0.25, -0.2) is 4.98 Å². The zero-order valence-corrected chi connectivity index (χ0v) is 25.3. The van der Waals surface area contributed by atoms with Gasteiger partial charge < -0.3 is 25.4 Å². The third kappa shape index (κ3) is 6.76. The average molecular weight is 575 g/mol. The third-order valence-electron chi connectivity index (χ3n) is 9.10. The number of Topliss-reactive ketones (excluding diaryl/α,β-unsaturated/α-hetero) is 1. The minimum atomic E-state index is -1.25. The Morgan fingerprint density at radius 3 is 2.65 bits per heavy atom. The molecular weight excluding hydrogens is 528 g/mol. The van der Waals surface area contributed by atoms with Crippen molar-refractivity contribution >= 4 is 33.3 Å². The molecule has 8 nitrogen and oxygen atoms in total. The van der Waals surface area contributed by atoms with Crippen molar-refractivity contribution in [2.75, 3.05) is 0 Å². The maximum Gasteiger partial charge on any atom is 0.309 e. The van der Waals surface area contributed by atoms with E-state index in [4.69, 9.17) is 15.2 Å². The minimum absolute atomic E-state index is 0.0755. The van der Waals surface area contributed by atoms with Crippen LogP contribution in [0.25, 0.3) is 10.2 Å². The fraction of sp³-hybridized carbons (Fsp3) is 0.710. The first-order valence-electron chi connectivity index (χ1n) is 14.8. The smallest absolute Gasteiger partial charge is 0.309 e. The van der Waals surface area contributed by atoms with Crippen LogP contribution in [0.2, 0.25) is 0 Å². The lowest BCUT2D eigenvalue weighted by Crippen LogP contribution is -2.46. The van der Waals surface area contributed by atoms with Crippen LogP contribution in [0.4, 0.5) is 0 Å². The zero-order chi connectivity index (χ0) is 29.2. The Balaban J connectivity index is 1.62. The second kappa shape index (κ2) is 12.5. The molecule has 0 saturated carbocycles. The summed E-state index contributed by atoms with van der Waals surface area (Å²) in [5.41, 5.74) is 5.86. The zero-order valence-electron chi connectivity index (χ0n) is 24.5. The first-order valence-corrected chi connectivity index (χ1v) is 15.6. The maximum atomic E-state index is 13.8. The van der Waals surface area contributed by atoms with E-state index in [1.807, 2.05) is 25.1 Å². The lowest BCUT2D eigenvalue weighted by Gasteiger charge is -2.36. The van der Waals surface area contributed by atoms with Crippen LogP contribution >= 0.6 is 11.3 Å². The van der Waals surface area contributed by atoms with E-state index in [0.29, 0.717) is 19.4 Å². The van der Waals surface area contributed by atoms with Crippen molar-refractivity contribution < 1.29 is 29.3 Å². The third-order valence-corrected chi connectivity index (χ3v) is 10.2. The Hall–Kier alpha value is -1.91. The summed E-state index contributed by atoms with van der Waals surface area (Å²) in [5.74, 6) is -1.45. The number of aromatic nitrogens is 1. The number of unbranched alkanes of at least 4 members (excludes halogenated alkanes) is 1. The van der Waals surface area contributed by atoms with E-state index in [9.17, 15) is 19.8 Å². The van der Waals surface area contributed by atoms with Crippen molar-refractivity contribution in [3.8, 4) is 0 Å². The topological polar surface area (TPSA) is 135 Å². The summed E-state index contributed by atoms with van der Waals surface area (Å²) in [4.78, 5) is 31.6. The second-order valence-electron chi connectivity index (χ2n) is 12.6. The number of ketones is 1. The van der Waals surface area contributed by atoms with E-state index >= 15 is 0 Å². The van der Waals surface area contributed by atoms with Gasteiger partial charge in [-0.3, -0.25) is 9.59 Å². The Bertz CT molecular complexity index is 1200. The normalized spacial score (nSPS) is 33.9. The highest BCUT2D eigenvalue weighted by atomic mass is 32.1. The number of esters is 1. The number of epoxide rings is 1. The van der Waals surface area contributed by atoms with Crippen molar-refractivity contribution in [2.24, 2.45) is 23.0 Å². The summed E-state index contributed by atoms with van der Waals surface area (Å²) < 4.78 is 13.2. The fourth-order valence-corrected chi connectivity index (χ4v) is 6.85. The summed E-state index contributed by atoms with van der Waals surface area (Å²) in [6, 6.07) is 5.86. The molecule has 222 valence electrons. The molecule has 2 aliphatic heterocycles. The average Bonchev–Trinajstić information content (AvgIpc) is 3.35. The van der Waals surface area contributed by atoms with Gasteiger partial charge in [0.1, 0.15) is 16.9 Å². The van der Waals surface area contributed by atoms with Gasteiger partial charge in [0.2, 0.25) is 0 Å². The van der Waals surface area contributed by atoms with Crippen LogP contribution in [0.15, 0.2) is 18.2 Å². The van der Waals surface area contributed by atoms with Gasteiger partial charge in [0.15, 0.2) is 0 Å². The molecule has 4 rings (SSSR count). The molecule has 2 aliphatic rings. The molecular formula is C31H46N2O6S. The van der Waals surface area contributed by atoms with Crippen LogP contribution in [0.3, 0.4) is 0 Å². The van der Waals surface area contributed by atoms with E-state index in [0.717, 1.165) is 52.9 Å². The van der Waals surface area contributed by atoms with Crippen molar-refractivity contribution in [1.29, 1.82) is 0 Å². The van der Waals surface area contributed by atoms with Crippen molar-refractivity contribution in [1.82, 2.24) is 4.98 Å². The van der Waals surface area contributed by atoms with Crippen molar-refractivity contribution in [2.45, 2.75) is 123 Å². The van der Waals surface area contributed by atoms with Gasteiger partial charge in [-0.1, -0.05) is 53.0 Å². The van der Waals surface area contributed by atoms with E-state index < -0.39 is 35.6 Å². The molecule has 0 aliphatic carbocycles. The number of cyclic esters (lactones) is 1. The van der Waals surface area contributed by atoms with E-state index in [2.05, 4.69) is 18.8 Å². The van der Waals surface area contributed by atoms with E-state index in [1.165, 1.54) is 0 Å². The molecule has 0 bridgehead atoms. The highest BCUT2D eigenvalue weighted by molar-refractivity contribution is 7.18. The van der Waals surface area contributed by atoms with Crippen LogP contribution in [-0.4, -0.2) is 50.9 Å². The molecule has 2 fully saturated rings. The van der Waals surface area contributed by atoms with Gasteiger partial charge in [0.25, 0.3) is 0 Å². The number of ether oxygens (including phenoxy) is 2. The molecule has 9 heteroatoms. The molecule has 1 aromatic heterocycles. The Morgan fingerprint density at radius 1 is 1.20 bits per heavy atom. The highest BCUT2D eigenvalue weighted by Crippen LogP contribution is 2.47. The van der Waals surface area contributed by atoms with Crippen LogP contribution in [0.1, 0.15) is 103 Å². The molecule has 3 heterocycles. The molecule has 40 heavy (non-hydrogen) atoms. The first kappa shape index (κ1) is 31.0. The molecule has 2 aromatic rings. The van der Waals surface area contributed by atoms with Gasteiger partial charge in [-0.15, -0.1) is 11.3 Å². The first-order chi connectivity index (χ1) is 18.9. The number of aliphatic hydroxyl groups is 2. The van der Waals surface area contributed by atoms with Gasteiger partial charge >= 0.3 is 5.97 Å². The largest absolute Gasteiger partial charge is 0.457 e. The Kier molecular flexibility index (Phi) is 9.72. The SMILES string of the molecule is CCCC[C@H]1C(=O)C(C)(C)[C@H](O)CC(=O)O[C@@H](c2ccc3sc(CN)nc3c2)C[C@H]2O[C@]2(C)CCC[C@@H](C)[C@H]1O. The van der Waals surface area contributed by atoms with E-state index in [1.54, 1.807) is 25.2 Å². The second-order valence-corrected chi connectivity index (χ2v) is 13.7. The number of hydrogen-bond acceptors (Lipinski definition) is 9. The van der Waals surface area contributed by atoms with Gasteiger partial charge in [0.05, 0.1) is 46.0 Å². The predicted molar refractivity (Wildman–Crippen MR) is 156 cm³/mol. The highest BCUT2D eigenvalue weighted by Gasteiger charge is 2.53. The number of rotatable bonds is 5. The molecule has 0 spiro atoms. The number of hydrogen-bond donors (Lipinski definition) is 3. The van der Waals surface area contributed by atoms with Crippen LogP contribution in [0.5, 0.6) is 0 Å². The monoisotopic (exact) mass is 574 g/mol. The number of benzene rings is 1. The molecule has 2 saturated heterocycles. The number of carbonyl (C=O) groups excluding carboxylic acids is 2. The summed E-state index contributed by atoms with van der Waals surface area (Å²) in [6.45, 7) is 9.83.